The Morgan fingerprint density at radius 1 is 1.00 bits per heavy atom. The second kappa shape index (κ2) is 8.97. The number of aromatic nitrogens is 2. The molecule has 7 nitrogen and oxygen atoms in total. The number of carbonyl (C=O) groups is 2. The van der Waals surface area contributed by atoms with Gasteiger partial charge in [-0.05, 0) is 31.5 Å². The summed E-state index contributed by atoms with van der Waals surface area (Å²) in [7, 11) is 1.52. The van der Waals surface area contributed by atoms with Gasteiger partial charge in [0.15, 0.2) is 5.69 Å². The molecular formula is C22H21N3O4. The van der Waals surface area contributed by atoms with Crippen LogP contribution in [-0.4, -0.2) is 29.0 Å². The number of anilines is 1. The van der Waals surface area contributed by atoms with Crippen molar-refractivity contribution in [2.45, 2.75) is 20.0 Å². The van der Waals surface area contributed by atoms with Crippen LogP contribution in [0.15, 0.2) is 60.9 Å². The second-order valence-electron chi connectivity index (χ2n) is 6.43. The van der Waals surface area contributed by atoms with Gasteiger partial charge in [0, 0.05) is 11.8 Å². The van der Waals surface area contributed by atoms with Crippen LogP contribution >= 0.6 is 0 Å². The molecule has 1 N–H and O–H groups in total. The zero-order valence-electron chi connectivity index (χ0n) is 16.4. The first-order valence-electron chi connectivity index (χ1n) is 8.98. The summed E-state index contributed by atoms with van der Waals surface area (Å²) in [6.45, 7) is 3.66. The average Bonchev–Trinajstić information content (AvgIpc) is 2.73. The molecule has 0 radical (unpaired) electrons. The molecule has 0 aliphatic heterocycles. The quantitative estimate of drug-likeness (QED) is 0.645. The minimum Gasteiger partial charge on any atom is -0.495 e. The van der Waals surface area contributed by atoms with Crippen LogP contribution in [0.5, 0.6) is 5.75 Å². The van der Waals surface area contributed by atoms with Gasteiger partial charge in [0.1, 0.15) is 5.75 Å². The normalized spacial score (nSPS) is 11.4. The number of nitrogens with zero attached hydrogens (tertiary/aromatic N) is 2. The fourth-order valence-corrected chi connectivity index (χ4v) is 2.68. The van der Waals surface area contributed by atoms with Crippen LogP contribution in [0.25, 0.3) is 0 Å². The molecule has 0 bridgehead atoms. The van der Waals surface area contributed by atoms with E-state index >= 15 is 0 Å². The Kier molecular flexibility index (Phi) is 6.19. The maximum absolute atomic E-state index is 13.0. The Hall–Kier alpha value is -3.74. The van der Waals surface area contributed by atoms with Gasteiger partial charge >= 0.3 is 5.97 Å². The molecule has 0 aliphatic rings. The van der Waals surface area contributed by atoms with Crippen molar-refractivity contribution in [1.29, 1.82) is 0 Å². The summed E-state index contributed by atoms with van der Waals surface area (Å²) in [5, 5.41) is 2.79. The molecule has 29 heavy (non-hydrogen) atoms. The van der Waals surface area contributed by atoms with Crippen molar-refractivity contribution in [3.63, 3.8) is 0 Å². The van der Waals surface area contributed by atoms with Crippen LogP contribution in [0.2, 0.25) is 0 Å². The van der Waals surface area contributed by atoms with Gasteiger partial charge in [-0.15, -0.1) is 0 Å². The number of rotatable bonds is 6. The monoisotopic (exact) mass is 391 g/mol. The van der Waals surface area contributed by atoms with Crippen LogP contribution in [0.1, 0.15) is 33.4 Å². The van der Waals surface area contributed by atoms with E-state index in [9.17, 15) is 9.59 Å². The molecule has 148 valence electrons. The third-order valence-electron chi connectivity index (χ3n) is 4.17. The molecule has 1 atom stereocenters. The number of esters is 1. The maximum Gasteiger partial charge on any atom is 0.359 e. The molecule has 7 heteroatoms. The van der Waals surface area contributed by atoms with Crippen molar-refractivity contribution in [1.82, 2.24) is 9.97 Å². The predicted molar refractivity (Wildman–Crippen MR) is 108 cm³/mol. The van der Waals surface area contributed by atoms with Gasteiger partial charge in [-0.1, -0.05) is 36.4 Å². The molecule has 2 aromatic carbocycles. The maximum atomic E-state index is 13.0. The largest absolute Gasteiger partial charge is 0.495 e. The zero-order valence-corrected chi connectivity index (χ0v) is 16.4. The van der Waals surface area contributed by atoms with E-state index < -0.39 is 18.0 Å². The molecule has 0 saturated heterocycles. The Bertz CT molecular complexity index is 1000. The van der Waals surface area contributed by atoms with Crippen molar-refractivity contribution in [2.75, 3.05) is 12.4 Å². The summed E-state index contributed by atoms with van der Waals surface area (Å²) >= 11 is 0. The first-order chi connectivity index (χ1) is 14.0. The standard InChI is InChI=1S/C22H21N3O4/c1-14-9-10-19(28-3)17(11-14)25-21(26)20(16-7-5-4-6-8-16)29-22(27)18-13-23-15(2)12-24-18/h4-13,20H,1-3H3,(H,25,26)/t20-/m0/s1. The Labute approximate surface area is 168 Å². The lowest BCUT2D eigenvalue weighted by Gasteiger charge is -2.19. The van der Waals surface area contributed by atoms with Crippen LogP contribution in [-0.2, 0) is 9.53 Å². The fourth-order valence-electron chi connectivity index (χ4n) is 2.68. The molecule has 3 aromatic rings. The summed E-state index contributed by atoms with van der Waals surface area (Å²) in [5.41, 5.74) is 2.67. The number of ether oxygens (including phenoxy) is 2. The van der Waals surface area contributed by atoms with Gasteiger partial charge in [-0.2, -0.15) is 0 Å². The van der Waals surface area contributed by atoms with E-state index in [1.807, 2.05) is 19.1 Å². The Morgan fingerprint density at radius 3 is 2.41 bits per heavy atom. The lowest BCUT2D eigenvalue weighted by molar-refractivity contribution is -0.125. The first-order valence-corrected chi connectivity index (χ1v) is 8.98. The number of carbonyl (C=O) groups excluding carboxylic acids is 2. The highest BCUT2D eigenvalue weighted by Crippen LogP contribution is 2.28. The zero-order chi connectivity index (χ0) is 20.8. The van der Waals surface area contributed by atoms with Gasteiger partial charge in [-0.3, -0.25) is 9.78 Å². The van der Waals surface area contributed by atoms with E-state index in [1.54, 1.807) is 43.3 Å². The van der Waals surface area contributed by atoms with Crippen molar-refractivity contribution < 1.29 is 19.1 Å². The van der Waals surface area contributed by atoms with Crippen LogP contribution in [0, 0.1) is 13.8 Å². The topological polar surface area (TPSA) is 90.4 Å². The number of aryl methyl sites for hydroxylation is 2. The van der Waals surface area contributed by atoms with E-state index in [4.69, 9.17) is 9.47 Å². The number of methoxy groups -OCH3 is 1. The summed E-state index contributed by atoms with van der Waals surface area (Å²) in [6, 6.07) is 14.2. The highest BCUT2D eigenvalue weighted by molar-refractivity contribution is 5.98. The average molecular weight is 391 g/mol. The molecular weight excluding hydrogens is 370 g/mol. The predicted octanol–water partition coefficient (Wildman–Crippen LogP) is 3.64. The van der Waals surface area contributed by atoms with Crippen LogP contribution in [0.4, 0.5) is 5.69 Å². The number of benzene rings is 2. The smallest absolute Gasteiger partial charge is 0.359 e. The fraction of sp³-hybridized carbons (Fsp3) is 0.182. The summed E-state index contributed by atoms with van der Waals surface area (Å²) < 4.78 is 10.8. The molecule has 0 spiro atoms. The molecule has 0 fully saturated rings. The van der Waals surface area contributed by atoms with Gasteiger partial charge in [0.05, 0.1) is 24.7 Å². The number of nitrogens with one attached hydrogen (secondary N) is 1. The van der Waals surface area contributed by atoms with E-state index in [0.717, 1.165) is 5.56 Å². The molecule has 3 rings (SSSR count). The highest BCUT2D eigenvalue weighted by atomic mass is 16.5. The molecule has 1 heterocycles. The SMILES string of the molecule is COc1ccc(C)cc1NC(=O)[C@@H](OC(=O)c1cnc(C)cn1)c1ccccc1. The van der Waals surface area contributed by atoms with E-state index in [0.29, 0.717) is 22.7 Å². The summed E-state index contributed by atoms with van der Waals surface area (Å²) in [6.07, 6.45) is 1.62. The number of hydrogen-bond donors (Lipinski definition) is 1. The van der Waals surface area contributed by atoms with E-state index in [-0.39, 0.29) is 5.69 Å². The van der Waals surface area contributed by atoms with Gasteiger partial charge in [-0.25, -0.2) is 9.78 Å². The van der Waals surface area contributed by atoms with E-state index in [1.165, 1.54) is 19.5 Å². The van der Waals surface area contributed by atoms with Crippen LogP contribution < -0.4 is 10.1 Å². The molecule has 0 saturated carbocycles. The Balaban J connectivity index is 1.88. The summed E-state index contributed by atoms with van der Waals surface area (Å²) in [5.74, 6) is -0.738. The number of amides is 1. The molecule has 0 unspecified atom stereocenters. The van der Waals surface area contributed by atoms with E-state index in [2.05, 4.69) is 15.3 Å². The third kappa shape index (κ3) is 4.95. The molecule has 1 amide bonds. The minimum absolute atomic E-state index is 0.0254. The van der Waals surface area contributed by atoms with Crippen molar-refractivity contribution in [3.05, 3.63) is 83.4 Å². The Morgan fingerprint density at radius 2 is 1.76 bits per heavy atom. The first kappa shape index (κ1) is 20.0. The van der Waals surface area contributed by atoms with Crippen LogP contribution in [0.3, 0.4) is 0 Å². The van der Waals surface area contributed by atoms with Gasteiger partial charge < -0.3 is 14.8 Å². The van der Waals surface area contributed by atoms with Crippen molar-refractivity contribution in [3.8, 4) is 5.75 Å². The van der Waals surface area contributed by atoms with Gasteiger partial charge in [0.25, 0.3) is 5.91 Å². The highest BCUT2D eigenvalue weighted by Gasteiger charge is 2.27. The third-order valence-corrected chi connectivity index (χ3v) is 4.17. The minimum atomic E-state index is -1.17. The van der Waals surface area contributed by atoms with Gasteiger partial charge in [0.2, 0.25) is 6.10 Å². The lowest BCUT2D eigenvalue weighted by Crippen LogP contribution is -2.26. The lowest BCUT2D eigenvalue weighted by atomic mass is 10.1. The molecule has 0 aliphatic carbocycles. The van der Waals surface area contributed by atoms with Crippen molar-refractivity contribution >= 4 is 17.6 Å². The second-order valence-corrected chi connectivity index (χ2v) is 6.43. The summed E-state index contributed by atoms with van der Waals surface area (Å²) in [4.78, 5) is 33.6. The molecule has 1 aromatic heterocycles. The van der Waals surface area contributed by atoms with Crippen molar-refractivity contribution in [2.24, 2.45) is 0 Å². The number of hydrogen-bond acceptors (Lipinski definition) is 6.